The van der Waals surface area contributed by atoms with Crippen molar-refractivity contribution < 1.29 is 5.11 Å². The Morgan fingerprint density at radius 2 is 1.79 bits per heavy atom. The minimum absolute atomic E-state index is 0.0786. The molecule has 2 aliphatic heterocycles. The average molecular weight is 449 g/mol. The summed E-state index contributed by atoms with van der Waals surface area (Å²) in [4.78, 5) is 29.5. The number of aliphatic hydroxyl groups excluding tert-OH is 1. The second kappa shape index (κ2) is 9.11. The van der Waals surface area contributed by atoms with Crippen LogP contribution < -0.4 is 15.4 Å². The fourth-order valence-electron chi connectivity index (χ4n) is 4.93. The van der Waals surface area contributed by atoms with Crippen molar-refractivity contribution in [1.29, 1.82) is 0 Å². The second-order valence-electron chi connectivity index (χ2n) is 9.34. The normalized spacial score (nSPS) is 19.5. The van der Waals surface area contributed by atoms with Gasteiger partial charge in [-0.05, 0) is 44.0 Å². The van der Waals surface area contributed by atoms with Crippen LogP contribution in [-0.4, -0.2) is 77.5 Å². The molecule has 1 atom stereocenters. The molecule has 1 unspecified atom stereocenters. The van der Waals surface area contributed by atoms with Crippen LogP contribution in [0.3, 0.4) is 0 Å². The van der Waals surface area contributed by atoms with E-state index in [1.165, 1.54) is 10.3 Å². The lowest BCUT2D eigenvalue weighted by Gasteiger charge is -2.34. The predicted molar refractivity (Wildman–Crippen MR) is 132 cm³/mol. The highest BCUT2D eigenvalue weighted by Gasteiger charge is 2.26. The van der Waals surface area contributed by atoms with Gasteiger partial charge in [0.15, 0.2) is 0 Å². The SMILES string of the molecule is CN1CCN(c2ccc(-c3cc4ncn(C)c(=O)c4c(N4CCC(CCO)C4)n3)cc2)CC1. The molecule has 0 spiro atoms. The molecule has 174 valence electrons. The largest absolute Gasteiger partial charge is 0.396 e. The van der Waals surface area contributed by atoms with E-state index >= 15 is 0 Å². The molecule has 5 rings (SSSR count). The lowest BCUT2D eigenvalue weighted by Crippen LogP contribution is -2.44. The third-order valence-corrected chi connectivity index (χ3v) is 7.04. The summed E-state index contributed by atoms with van der Waals surface area (Å²) < 4.78 is 1.51. The quantitative estimate of drug-likeness (QED) is 0.639. The Bertz CT molecular complexity index is 1180. The number of pyridine rings is 1. The summed E-state index contributed by atoms with van der Waals surface area (Å²) in [6.45, 7) is 6.03. The van der Waals surface area contributed by atoms with E-state index in [4.69, 9.17) is 4.98 Å². The smallest absolute Gasteiger partial charge is 0.264 e. The van der Waals surface area contributed by atoms with Gasteiger partial charge < -0.3 is 24.4 Å². The van der Waals surface area contributed by atoms with Crippen molar-refractivity contribution in [3.05, 3.63) is 47.0 Å². The highest BCUT2D eigenvalue weighted by atomic mass is 16.3. The molecule has 8 heteroatoms. The number of hydrogen-bond acceptors (Lipinski definition) is 7. The lowest BCUT2D eigenvalue weighted by molar-refractivity contribution is 0.263. The van der Waals surface area contributed by atoms with Crippen LogP contribution in [0.2, 0.25) is 0 Å². The van der Waals surface area contributed by atoms with E-state index in [2.05, 4.69) is 51.0 Å². The summed E-state index contributed by atoms with van der Waals surface area (Å²) in [7, 11) is 3.89. The van der Waals surface area contributed by atoms with Crippen molar-refractivity contribution in [1.82, 2.24) is 19.4 Å². The van der Waals surface area contributed by atoms with E-state index in [1.807, 2.05) is 6.07 Å². The number of hydrogen-bond donors (Lipinski definition) is 1. The number of aliphatic hydroxyl groups is 1. The van der Waals surface area contributed by atoms with Gasteiger partial charge in [0.2, 0.25) is 0 Å². The van der Waals surface area contributed by atoms with Crippen LogP contribution in [0.1, 0.15) is 12.8 Å². The summed E-state index contributed by atoms with van der Waals surface area (Å²) in [5, 5.41) is 9.93. The maximum atomic E-state index is 13.0. The lowest BCUT2D eigenvalue weighted by atomic mass is 10.1. The zero-order valence-corrected chi connectivity index (χ0v) is 19.4. The van der Waals surface area contributed by atoms with Crippen LogP contribution in [0.4, 0.5) is 11.5 Å². The molecular formula is C25H32N6O2. The van der Waals surface area contributed by atoms with Crippen LogP contribution in [0.5, 0.6) is 0 Å². The third kappa shape index (κ3) is 4.32. The van der Waals surface area contributed by atoms with Crippen molar-refractivity contribution in [2.45, 2.75) is 12.8 Å². The van der Waals surface area contributed by atoms with Gasteiger partial charge >= 0.3 is 0 Å². The van der Waals surface area contributed by atoms with Gasteiger partial charge in [0, 0.05) is 64.2 Å². The Morgan fingerprint density at radius 1 is 1.03 bits per heavy atom. The van der Waals surface area contributed by atoms with Crippen molar-refractivity contribution >= 4 is 22.4 Å². The van der Waals surface area contributed by atoms with Crippen molar-refractivity contribution in [2.75, 3.05) is 62.7 Å². The number of rotatable bonds is 5. The molecule has 0 saturated carbocycles. The highest BCUT2D eigenvalue weighted by Crippen LogP contribution is 2.32. The summed E-state index contributed by atoms with van der Waals surface area (Å²) in [5.41, 5.74) is 3.67. The Morgan fingerprint density at radius 3 is 2.52 bits per heavy atom. The highest BCUT2D eigenvalue weighted by molar-refractivity contribution is 5.92. The Kier molecular flexibility index (Phi) is 6.03. The van der Waals surface area contributed by atoms with Crippen LogP contribution >= 0.6 is 0 Å². The van der Waals surface area contributed by atoms with Gasteiger partial charge in [0.05, 0.1) is 17.5 Å². The first-order valence-electron chi connectivity index (χ1n) is 11.8. The van der Waals surface area contributed by atoms with E-state index < -0.39 is 0 Å². The summed E-state index contributed by atoms with van der Waals surface area (Å²) >= 11 is 0. The Balaban J connectivity index is 1.51. The fourth-order valence-corrected chi connectivity index (χ4v) is 4.93. The van der Waals surface area contributed by atoms with E-state index in [0.29, 0.717) is 22.6 Å². The molecule has 2 aromatic heterocycles. The van der Waals surface area contributed by atoms with Crippen LogP contribution in [0, 0.1) is 5.92 Å². The molecule has 2 aliphatic rings. The molecule has 8 nitrogen and oxygen atoms in total. The minimum atomic E-state index is -0.0786. The number of anilines is 2. The number of nitrogens with zero attached hydrogens (tertiary/aromatic N) is 6. The van der Waals surface area contributed by atoms with Gasteiger partial charge in [0.25, 0.3) is 5.56 Å². The van der Waals surface area contributed by atoms with E-state index in [-0.39, 0.29) is 12.2 Å². The number of benzene rings is 1. The minimum Gasteiger partial charge on any atom is -0.396 e. The zero-order chi connectivity index (χ0) is 22.9. The number of fused-ring (bicyclic) bond motifs is 1. The Hall–Kier alpha value is -2.97. The van der Waals surface area contributed by atoms with E-state index in [0.717, 1.165) is 63.4 Å². The number of aryl methyl sites for hydroxylation is 1. The predicted octanol–water partition coefficient (Wildman–Crippen LogP) is 1.96. The van der Waals surface area contributed by atoms with Crippen molar-refractivity contribution in [3.63, 3.8) is 0 Å². The molecular weight excluding hydrogens is 416 g/mol. The maximum absolute atomic E-state index is 13.0. The van der Waals surface area contributed by atoms with Gasteiger partial charge in [-0.2, -0.15) is 0 Å². The molecule has 1 N–H and O–H groups in total. The Labute approximate surface area is 194 Å². The summed E-state index contributed by atoms with van der Waals surface area (Å²) in [6.07, 6.45) is 3.35. The first kappa shape index (κ1) is 21.9. The van der Waals surface area contributed by atoms with Crippen molar-refractivity contribution in [3.8, 4) is 11.3 Å². The molecule has 2 saturated heterocycles. The summed E-state index contributed by atoms with van der Waals surface area (Å²) in [6, 6.07) is 10.5. The zero-order valence-electron chi connectivity index (χ0n) is 19.4. The van der Waals surface area contributed by atoms with Crippen LogP contribution in [0.25, 0.3) is 22.2 Å². The molecule has 0 radical (unpaired) electrons. The average Bonchev–Trinajstić information content (AvgIpc) is 3.30. The molecule has 33 heavy (non-hydrogen) atoms. The first-order chi connectivity index (χ1) is 16.0. The second-order valence-corrected chi connectivity index (χ2v) is 9.34. The van der Waals surface area contributed by atoms with Gasteiger partial charge in [-0.3, -0.25) is 4.79 Å². The maximum Gasteiger partial charge on any atom is 0.264 e. The van der Waals surface area contributed by atoms with Crippen LogP contribution in [-0.2, 0) is 7.05 Å². The van der Waals surface area contributed by atoms with Gasteiger partial charge in [0.1, 0.15) is 11.2 Å². The fraction of sp³-hybridized carbons (Fsp3) is 0.480. The van der Waals surface area contributed by atoms with E-state index in [9.17, 15) is 9.90 Å². The first-order valence-corrected chi connectivity index (χ1v) is 11.8. The van der Waals surface area contributed by atoms with Gasteiger partial charge in [-0.25, -0.2) is 9.97 Å². The standard InChI is InChI=1S/C25H32N6O2/c1-28-10-12-30(13-11-28)20-5-3-19(4-6-20)21-15-22-23(25(33)29(2)17-26-22)24(27-21)31-9-7-18(16-31)8-14-32/h3-6,15,17-18,32H,7-14,16H2,1-2H3. The number of aromatic nitrogens is 3. The van der Waals surface area contributed by atoms with E-state index in [1.54, 1.807) is 13.4 Å². The molecule has 2 fully saturated rings. The van der Waals surface area contributed by atoms with Gasteiger partial charge in [-0.1, -0.05) is 12.1 Å². The molecule has 4 heterocycles. The third-order valence-electron chi connectivity index (χ3n) is 7.04. The topological polar surface area (TPSA) is 77.7 Å². The van der Waals surface area contributed by atoms with Crippen molar-refractivity contribution in [2.24, 2.45) is 13.0 Å². The van der Waals surface area contributed by atoms with Gasteiger partial charge in [-0.15, -0.1) is 0 Å². The summed E-state index contributed by atoms with van der Waals surface area (Å²) in [5.74, 6) is 1.12. The molecule has 0 aliphatic carbocycles. The molecule has 1 aromatic carbocycles. The van der Waals surface area contributed by atoms with Crippen LogP contribution in [0.15, 0.2) is 41.5 Å². The number of likely N-dealkylation sites (N-methyl/N-ethyl adjacent to an activating group) is 1. The molecule has 0 amide bonds. The monoisotopic (exact) mass is 448 g/mol. The molecule has 0 bridgehead atoms. The molecule has 3 aromatic rings. The number of piperazine rings is 1.